The van der Waals surface area contributed by atoms with Crippen molar-refractivity contribution in [1.82, 2.24) is 20.2 Å². The lowest BCUT2D eigenvalue weighted by Gasteiger charge is -2.36. The molecule has 2 aromatic carbocycles. The maximum atomic E-state index is 11.2. The molecule has 7 heteroatoms. The Hall–Kier alpha value is -2.77. The van der Waals surface area contributed by atoms with Crippen molar-refractivity contribution in [2.24, 2.45) is 0 Å². The molecule has 1 aliphatic heterocycles. The second kappa shape index (κ2) is 6.62. The summed E-state index contributed by atoms with van der Waals surface area (Å²) >= 11 is 0. The average molecular weight is 337 g/mol. The number of H-pyrrole nitrogens is 1. The standard InChI is InChI=1S/C18H19N5O2/c24-23(25)17-12-22(11-13-6-2-1-3-7-13)16(10-19-17)18-20-14-8-4-5-9-15(14)21-18/h1-9,16-17,19H,10-12H2,(H,20,21). The number of piperazine rings is 1. The first kappa shape index (κ1) is 15.7. The van der Waals surface area contributed by atoms with E-state index in [0.717, 1.165) is 22.4 Å². The molecule has 0 aliphatic carbocycles. The number of nitrogens with zero attached hydrogens (tertiary/aromatic N) is 3. The summed E-state index contributed by atoms with van der Waals surface area (Å²) in [5, 5.41) is 14.3. The Labute approximate surface area is 144 Å². The zero-order valence-electron chi connectivity index (χ0n) is 13.6. The van der Waals surface area contributed by atoms with E-state index in [0.29, 0.717) is 19.6 Å². The maximum absolute atomic E-state index is 11.2. The number of nitrogens with one attached hydrogen (secondary N) is 2. The van der Waals surface area contributed by atoms with Gasteiger partial charge in [0.25, 0.3) is 6.17 Å². The predicted molar refractivity (Wildman–Crippen MR) is 94.5 cm³/mol. The molecule has 0 radical (unpaired) electrons. The van der Waals surface area contributed by atoms with Gasteiger partial charge in [-0.2, -0.15) is 0 Å². The van der Waals surface area contributed by atoms with Crippen molar-refractivity contribution in [2.75, 3.05) is 13.1 Å². The van der Waals surface area contributed by atoms with Crippen LogP contribution in [0.25, 0.3) is 11.0 Å². The Kier molecular flexibility index (Phi) is 4.17. The summed E-state index contributed by atoms with van der Waals surface area (Å²) in [6.07, 6.45) is -0.760. The fourth-order valence-electron chi connectivity index (χ4n) is 3.32. The first-order valence-corrected chi connectivity index (χ1v) is 8.30. The van der Waals surface area contributed by atoms with Crippen LogP contribution in [-0.2, 0) is 6.54 Å². The van der Waals surface area contributed by atoms with Gasteiger partial charge in [0, 0.05) is 18.0 Å². The molecule has 128 valence electrons. The SMILES string of the molecule is O=[N+]([O-])C1CN(Cc2ccccc2)C(c2nc3ccccc3[nH]2)CN1. The third-order valence-corrected chi connectivity index (χ3v) is 4.60. The number of imidazole rings is 1. The van der Waals surface area contributed by atoms with E-state index in [1.807, 2.05) is 54.6 Å². The Morgan fingerprint density at radius 3 is 2.68 bits per heavy atom. The highest BCUT2D eigenvalue weighted by Crippen LogP contribution is 2.25. The number of fused-ring (bicyclic) bond motifs is 1. The van der Waals surface area contributed by atoms with Gasteiger partial charge in [-0.15, -0.1) is 0 Å². The number of nitro groups is 1. The van der Waals surface area contributed by atoms with Crippen molar-refractivity contribution in [2.45, 2.75) is 18.8 Å². The van der Waals surface area contributed by atoms with Crippen LogP contribution >= 0.6 is 0 Å². The van der Waals surface area contributed by atoms with E-state index in [-0.39, 0.29) is 11.0 Å². The fourth-order valence-corrected chi connectivity index (χ4v) is 3.32. The van der Waals surface area contributed by atoms with Crippen molar-refractivity contribution in [3.8, 4) is 0 Å². The molecule has 2 N–H and O–H groups in total. The Morgan fingerprint density at radius 1 is 1.16 bits per heavy atom. The molecule has 1 aliphatic rings. The van der Waals surface area contributed by atoms with E-state index in [1.165, 1.54) is 0 Å². The average Bonchev–Trinajstić information content (AvgIpc) is 3.06. The number of hydrogen-bond acceptors (Lipinski definition) is 5. The van der Waals surface area contributed by atoms with E-state index in [2.05, 4.69) is 15.2 Å². The van der Waals surface area contributed by atoms with Crippen molar-refractivity contribution >= 4 is 11.0 Å². The first-order chi connectivity index (χ1) is 12.2. The lowest BCUT2D eigenvalue weighted by atomic mass is 10.1. The number of hydrogen-bond donors (Lipinski definition) is 2. The van der Waals surface area contributed by atoms with Crippen LogP contribution in [0.3, 0.4) is 0 Å². The Morgan fingerprint density at radius 2 is 1.92 bits per heavy atom. The van der Waals surface area contributed by atoms with Crippen LogP contribution in [0.5, 0.6) is 0 Å². The van der Waals surface area contributed by atoms with E-state index in [9.17, 15) is 10.1 Å². The molecule has 0 amide bonds. The number of aromatic amines is 1. The maximum Gasteiger partial charge on any atom is 0.278 e. The zero-order chi connectivity index (χ0) is 17.2. The Bertz CT molecular complexity index is 846. The quantitative estimate of drug-likeness (QED) is 0.563. The van der Waals surface area contributed by atoms with Crippen LogP contribution in [0, 0.1) is 10.1 Å². The number of aromatic nitrogens is 2. The van der Waals surface area contributed by atoms with Gasteiger partial charge in [-0.25, -0.2) is 4.98 Å². The molecule has 4 rings (SSSR count). The molecule has 0 spiro atoms. The lowest BCUT2D eigenvalue weighted by molar-refractivity contribution is -0.533. The molecule has 1 aromatic heterocycles. The third kappa shape index (κ3) is 3.24. The van der Waals surface area contributed by atoms with Crippen LogP contribution in [-0.4, -0.2) is 39.0 Å². The molecule has 2 heterocycles. The van der Waals surface area contributed by atoms with Crippen molar-refractivity contribution in [3.63, 3.8) is 0 Å². The normalized spacial score (nSPS) is 21.4. The highest BCUT2D eigenvalue weighted by molar-refractivity contribution is 5.74. The lowest BCUT2D eigenvalue weighted by Crippen LogP contribution is -2.55. The van der Waals surface area contributed by atoms with Gasteiger partial charge in [0.05, 0.1) is 23.6 Å². The summed E-state index contributed by atoms with van der Waals surface area (Å²) in [5.74, 6) is 0.839. The van der Waals surface area contributed by atoms with Crippen LogP contribution in [0.2, 0.25) is 0 Å². The van der Waals surface area contributed by atoms with Crippen molar-refractivity contribution < 1.29 is 4.92 Å². The van der Waals surface area contributed by atoms with Gasteiger partial charge in [-0.05, 0) is 17.7 Å². The molecule has 0 bridgehead atoms. The second-order valence-electron chi connectivity index (χ2n) is 6.28. The first-order valence-electron chi connectivity index (χ1n) is 8.30. The predicted octanol–water partition coefficient (Wildman–Crippen LogP) is 2.31. The van der Waals surface area contributed by atoms with Crippen LogP contribution in [0.15, 0.2) is 54.6 Å². The number of para-hydroxylation sites is 2. The van der Waals surface area contributed by atoms with E-state index in [4.69, 9.17) is 4.98 Å². The Balaban J connectivity index is 1.64. The number of rotatable bonds is 4. The van der Waals surface area contributed by atoms with Gasteiger partial charge in [0.1, 0.15) is 5.82 Å². The molecule has 25 heavy (non-hydrogen) atoms. The van der Waals surface area contributed by atoms with E-state index >= 15 is 0 Å². The fraction of sp³-hybridized carbons (Fsp3) is 0.278. The van der Waals surface area contributed by atoms with Crippen molar-refractivity contribution in [1.29, 1.82) is 0 Å². The van der Waals surface area contributed by atoms with Gasteiger partial charge in [0.15, 0.2) is 0 Å². The summed E-state index contributed by atoms with van der Waals surface area (Å²) in [7, 11) is 0. The summed E-state index contributed by atoms with van der Waals surface area (Å²) in [6, 6.07) is 17.9. The summed E-state index contributed by atoms with van der Waals surface area (Å²) in [4.78, 5) is 21.1. The number of benzene rings is 2. The molecule has 1 fully saturated rings. The molecule has 1 saturated heterocycles. The van der Waals surface area contributed by atoms with E-state index in [1.54, 1.807) is 0 Å². The second-order valence-corrected chi connectivity index (χ2v) is 6.28. The summed E-state index contributed by atoms with van der Waals surface area (Å²) in [5.41, 5.74) is 3.02. The summed E-state index contributed by atoms with van der Waals surface area (Å²) < 4.78 is 0. The third-order valence-electron chi connectivity index (χ3n) is 4.60. The molecule has 7 nitrogen and oxygen atoms in total. The largest absolute Gasteiger partial charge is 0.341 e. The van der Waals surface area contributed by atoms with Gasteiger partial charge in [-0.1, -0.05) is 42.5 Å². The summed E-state index contributed by atoms with van der Waals surface area (Å²) in [6.45, 7) is 1.47. The smallest absolute Gasteiger partial charge is 0.278 e. The minimum Gasteiger partial charge on any atom is -0.341 e. The molecular weight excluding hydrogens is 318 g/mol. The van der Waals surface area contributed by atoms with Crippen LogP contribution < -0.4 is 5.32 Å². The highest BCUT2D eigenvalue weighted by atomic mass is 16.6. The van der Waals surface area contributed by atoms with Crippen LogP contribution in [0.1, 0.15) is 17.4 Å². The molecule has 2 atom stereocenters. The van der Waals surface area contributed by atoms with E-state index < -0.39 is 6.17 Å². The molecular formula is C18H19N5O2. The van der Waals surface area contributed by atoms with Gasteiger partial charge < -0.3 is 4.98 Å². The van der Waals surface area contributed by atoms with Gasteiger partial charge in [0.2, 0.25) is 0 Å². The van der Waals surface area contributed by atoms with Crippen molar-refractivity contribution in [3.05, 3.63) is 76.1 Å². The van der Waals surface area contributed by atoms with Gasteiger partial charge in [-0.3, -0.25) is 20.3 Å². The minimum atomic E-state index is -0.760. The van der Waals surface area contributed by atoms with Gasteiger partial charge >= 0.3 is 0 Å². The molecule has 3 aromatic rings. The molecule has 0 saturated carbocycles. The zero-order valence-corrected chi connectivity index (χ0v) is 13.6. The van der Waals surface area contributed by atoms with Crippen LogP contribution in [0.4, 0.5) is 0 Å². The minimum absolute atomic E-state index is 0.0381. The molecule has 2 unspecified atom stereocenters. The topological polar surface area (TPSA) is 87.1 Å². The monoisotopic (exact) mass is 337 g/mol. The highest BCUT2D eigenvalue weighted by Gasteiger charge is 2.36.